The quantitative estimate of drug-likeness (QED) is 0.259. The number of aromatic nitrogens is 1. The van der Waals surface area contributed by atoms with Crippen LogP contribution in [0, 0.1) is 0 Å². The Kier molecular flexibility index (Phi) is 9.25. The van der Waals surface area contributed by atoms with E-state index in [2.05, 4.69) is 4.74 Å². The Bertz CT molecular complexity index is 1330. The second-order valence-electron chi connectivity index (χ2n) is 8.54. The van der Waals surface area contributed by atoms with E-state index in [9.17, 15) is 75.8 Å². The number of alkyl halides is 14. The van der Waals surface area contributed by atoms with Crippen molar-refractivity contribution < 1.29 is 80.6 Å². The van der Waals surface area contributed by atoms with E-state index in [1.165, 1.54) is 6.92 Å². The molecule has 2 rings (SSSR count). The molecule has 0 aliphatic rings. The lowest BCUT2D eigenvalue weighted by molar-refractivity contribution is -0.344. The van der Waals surface area contributed by atoms with Gasteiger partial charge in [-0.25, -0.2) is 4.79 Å². The van der Waals surface area contributed by atoms with E-state index in [-0.39, 0.29) is 12.6 Å². The summed E-state index contributed by atoms with van der Waals surface area (Å²) < 4.78 is 189. The van der Waals surface area contributed by atoms with E-state index in [1.54, 1.807) is 0 Å². The Balaban J connectivity index is 2.60. The first-order valence-corrected chi connectivity index (χ1v) is 11.1. The largest absolute Gasteiger partial charge is 0.464 e. The first-order chi connectivity index (χ1) is 18.9. The summed E-state index contributed by atoms with van der Waals surface area (Å²) in [6.07, 6.45) is -15.0. The number of fused-ring (bicyclic) bond motifs is 1. The van der Waals surface area contributed by atoms with Crippen LogP contribution in [0.3, 0.4) is 0 Å². The summed E-state index contributed by atoms with van der Waals surface area (Å²) in [7, 11) is 0. The average molecular weight is 638 g/mol. The maximum absolute atomic E-state index is 14.1. The SMILES string of the molecule is CCCOC(=O)[C@H](Cc1cn(C(=O)C(F)(F)C(F)(F)C(F)(F)F)c2ccccc12)NC(=O)C(F)(F)C(F)(F)C(F)(F)F. The number of carbonyl (C=O) groups excluding carboxylic acids is 3. The molecule has 0 unspecified atom stereocenters. The Morgan fingerprint density at radius 1 is 0.810 bits per heavy atom. The van der Waals surface area contributed by atoms with Gasteiger partial charge < -0.3 is 10.1 Å². The highest BCUT2D eigenvalue weighted by atomic mass is 19.4. The minimum Gasteiger partial charge on any atom is -0.464 e. The van der Waals surface area contributed by atoms with Gasteiger partial charge in [-0.3, -0.25) is 14.2 Å². The van der Waals surface area contributed by atoms with Crippen LogP contribution >= 0.6 is 0 Å². The normalized spacial score (nSPS) is 14.5. The van der Waals surface area contributed by atoms with Crippen molar-refractivity contribution in [3.8, 4) is 0 Å². The number of rotatable bonds is 10. The van der Waals surface area contributed by atoms with Crippen molar-refractivity contribution in [2.24, 2.45) is 0 Å². The minimum atomic E-state index is -6.96. The summed E-state index contributed by atoms with van der Waals surface area (Å²) >= 11 is 0. The van der Waals surface area contributed by atoms with E-state index in [0.717, 1.165) is 29.6 Å². The van der Waals surface area contributed by atoms with E-state index >= 15 is 0 Å². The lowest BCUT2D eigenvalue weighted by atomic mass is 10.0. The highest BCUT2D eigenvalue weighted by Gasteiger charge is 2.77. The fourth-order valence-electron chi connectivity index (χ4n) is 3.33. The van der Waals surface area contributed by atoms with Gasteiger partial charge in [-0.1, -0.05) is 25.1 Å². The number of benzene rings is 1. The summed E-state index contributed by atoms with van der Waals surface area (Å²) in [5.74, 6) is -35.1. The van der Waals surface area contributed by atoms with Crippen LogP contribution in [0.1, 0.15) is 23.7 Å². The molecule has 0 spiro atoms. The number of para-hydroxylation sites is 1. The summed E-state index contributed by atoms with van der Waals surface area (Å²) in [5.41, 5.74) is -1.51. The molecular weight excluding hydrogens is 622 g/mol. The number of ether oxygens (including phenoxy) is 1. The molecule has 42 heavy (non-hydrogen) atoms. The van der Waals surface area contributed by atoms with Crippen molar-refractivity contribution in [1.29, 1.82) is 0 Å². The summed E-state index contributed by atoms with van der Waals surface area (Å²) in [5, 5.41) is 0.422. The zero-order valence-corrected chi connectivity index (χ0v) is 20.5. The topological polar surface area (TPSA) is 77.4 Å². The molecule has 0 saturated heterocycles. The second-order valence-corrected chi connectivity index (χ2v) is 8.54. The number of esters is 1. The van der Waals surface area contributed by atoms with E-state index in [4.69, 9.17) is 0 Å². The molecule has 6 nitrogen and oxygen atoms in total. The number of halogens is 14. The van der Waals surface area contributed by atoms with Crippen LogP contribution in [0.4, 0.5) is 61.5 Å². The Hall–Kier alpha value is -3.61. The first kappa shape index (κ1) is 34.6. The lowest BCUT2D eigenvalue weighted by Gasteiger charge is -2.28. The van der Waals surface area contributed by atoms with Gasteiger partial charge in [0, 0.05) is 18.0 Å². The van der Waals surface area contributed by atoms with E-state index in [0.29, 0.717) is 0 Å². The monoisotopic (exact) mass is 638 g/mol. The van der Waals surface area contributed by atoms with Crippen LogP contribution in [0.2, 0.25) is 0 Å². The second kappa shape index (κ2) is 11.2. The molecule has 0 saturated carbocycles. The molecule has 2 aromatic rings. The smallest absolute Gasteiger partial charge is 0.460 e. The summed E-state index contributed by atoms with van der Waals surface area (Å²) in [6.45, 7) is 0.855. The van der Waals surface area contributed by atoms with Crippen molar-refractivity contribution >= 4 is 28.7 Å². The number of nitrogens with zero attached hydrogens (tertiary/aromatic N) is 1. The van der Waals surface area contributed by atoms with Gasteiger partial charge in [0.15, 0.2) is 0 Å². The number of amides is 1. The minimum absolute atomic E-state index is 0.0189. The van der Waals surface area contributed by atoms with Gasteiger partial charge in [0.25, 0.3) is 5.91 Å². The number of nitrogens with one attached hydrogen (secondary N) is 1. The van der Waals surface area contributed by atoms with Gasteiger partial charge in [0.05, 0.1) is 12.1 Å². The maximum atomic E-state index is 14.1. The van der Waals surface area contributed by atoms with Crippen LogP contribution in [-0.2, 0) is 20.7 Å². The number of carbonyl (C=O) groups is 3. The van der Waals surface area contributed by atoms with Gasteiger partial charge in [-0.05, 0) is 18.1 Å². The summed E-state index contributed by atoms with van der Waals surface area (Å²) in [6, 6.07) is 1.09. The van der Waals surface area contributed by atoms with Gasteiger partial charge in [-0.15, -0.1) is 0 Å². The Morgan fingerprint density at radius 3 is 1.81 bits per heavy atom. The molecule has 1 atom stereocenters. The van der Waals surface area contributed by atoms with Crippen molar-refractivity contribution in [3.63, 3.8) is 0 Å². The van der Waals surface area contributed by atoms with Crippen molar-refractivity contribution in [3.05, 3.63) is 36.0 Å². The number of hydrogen-bond acceptors (Lipinski definition) is 4. The molecule has 0 aliphatic carbocycles. The zero-order chi connectivity index (χ0) is 32.7. The molecule has 236 valence electrons. The van der Waals surface area contributed by atoms with Crippen LogP contribution in [0.5, 0.6) is 0 Å². The highest BCUT2D eigenvalue weighted by molar-refractivity contribution is 5.98. The fraction of sp³-hybridized carbons (Fsp3) is 0.500. The van der Waals surface area contributed by atoms with Gasteiger partial charge in [-0.2, -0.15) is 61.5 Å². The molecule has 1 aromatic carbocycles. The first-order valence-electron chi connectivity index (χ1n) is 11.1. The third kappa shape index (κ3) is 5.97. The predicted octanol–water partition coefficient (Wildman–Crippen LogP) is 5.93. The van der Waals surface area contributed by atoms with Crippen LogP contribution < -0.4 is 5.32 Å². The van der Waals surface area contributed by atoms with Crippen LogP contribution in [0.15, 0.2) is 30.5 Å². The van der Waals surface area contributed by atoms with Crippen molar-refractivity contribution in [2.75, 3.05) is 6.61 Å². The fourth-order valence-corrected chi connectivity index (χ4v) is 3.33. The molecule has 1 amide bonds. The highest BCUT2D eigenvalue weighted by Crippen LogP contribution is 2.48. The average Bonchev–Trinajstić information content (AvgIpc) is 3.22. The molecule has 1 N–H and O–H groups in total. The van der Waals surface area contributed by atoms with Crippen molar-refractivity contribution in [2.45, 2.75) is 61.8 Å². The molecule has 0 bridgehead atoms. The zero-order valence-electron chi connectivity index (χ0n) is 20.5. The Morgan fingerprint density at radius 2 is 1.31 bits per heavy atom. The molecule has 0 radical (unpaired) electrons. The van der Waals surface area contributed by atoms with Gasteiger partial charge in [0.2, 0.25) is 0 Å². The molecule has 0 aliphatic heterocycles. The molecule has 1 aromatic heterocycles. The van der Waals surface area contributed by atoms with E-state index < -0.39 is 93.9 Å². The molecule has 1 heterocycles. The number of hydrogen-bond donors (Lipinski definition) is 1. The van der Waals surface area contributed by atoms with Gasteiger partial charge in [0.1, 0.15) is 6.04 Å². The van der Waals surface area contributed by atoms with Crippen LogP contribution in [-0.4, -0.2) is 71.0 Å². The third-order valence-corrected chi connectivity index (χ3v) is 5.53. The third-order valence-electron chi connectivity index (χ3n) is 5.53. The van der Waals surface area contributed by atoms with Crippen molar-refractivity contribution in [1.82, 2.24) is 9.88 Å². The van der Waals surface area contributed by atoms with E-state index in [1.807, 2.05) is 0 Å². The molecule has 0 fully saturated rings. The molecular formula is C22H16F14N2O4. The van der Waals surface area contributed by atoms with Gasteiger partial charge >= 0.3 is 47.9 Å². The summed E-state index contributed by atoms with van der Waals surface area (Å²) in [4.78, 5) is 36.5. The maximum Gasteiger partial charge on any atom is 0.460 e. The van der Waals surface area contributed by atoms with Crippen LogP contribution in [0.25, 0.3) is 10.9 Å². The lowest BCUT2D eigenvalue weighted by Crippen LogP contribution is -2.61. The molecule has 20 heteroatoms. The standard InChI is InChI=1S/C22H16F14N2O4/c1-2-7-42-14(39)12(37-15(40)17(23,24)19(27,28)21(31,32)33)8-10-9-38(13-6-4-3-5-11(10)13)16(41)18(25,26)20(29,30)22(34,35)36/h3-6,9,12H,2,7-8H2,1H3,(H,37,40)/t12-/m0/s1. The predicted molar refractivity (Wildman–Crippen MR) is 111 cm³/mol. The Labute approximate surface area is 224 Å².